The molecule has 2 saturated heterocycles. The summed E-state index contributed by atoms with van der Waals surface area (Å²) in [4.78, 5) is 30.7. The number of hydrogen-bond donors (Lipinski definition) is 0. The fraction of sp³-hybridized carbons (Fsp3) is 0.636. The number of nitrogens with zero attached hydrogens (tertiary/aromatic N) is 3. The molecule has 1 aromatic rings. The maximum absolute atomic E-state index is 13.7. The van der Waals surface area contributed by atoms with Crippen molar-refractivity contribution in [3.8, 4) is 0 Å². The Kier molecular flexibility index (Phi) is 6.04. The highest BCUT2D eigenvalue weighted by atomic mass is 19.1. The van der Waals surface area contributed by atoms with Gasteiger partial charge in [-0.15, -0.1) is 0 Å². The van der Waals surface area contributed by atoms with Crippen molar-refractivity contribution >= 4 is 17.7 Å². The maximum Gasteiger partial charge on any atom is 0.409 e. The molecule has 0 bridgehead atoms. The normalized spacial score (nSPS) is 23.8. The minimum Gasteiger partial charge on any atom is -0.450 e. The van der Waals surface area contributed by atoms with Crippen molar-refractivity contribution < 1.29 is 18.7 Å². The summed E-state index contributed by atoms with van der Waals surface area (Å²) in [7, 11) is 0. The van der Waals surface area contributed by atoms with Gasteiger partial charge in [0, 0.05) is 38.3 Å². The van der Waals surface area contributed by atoms with Gasteiger partial charge in [0.15, 0.2) is 0 Å². The standard InChI is InChI=1S/C22H30FN3O3/c1-2-29-22(28)25-10-3-4-18(7-13-25)24-11-8-19(9-12-24)26-20-15-17(23)6-5-16(20)14-21(26)27/h5-6,15,18-19H,2-4,7-14H2,1H3. The van der Waals surface area contributed by atoms with Crippen molar-refractivity contribution in [2.24, 2.45) is 0 Å². The molecule has 0 radical (unpaired) electrons. The van der Waals surface area contributed by atoms with Crippen molar-refractivity contribution in [3.05, 3.63) is 29.6 Å². The number of ether oxygens (including phenoxy) is 1. The van der Waals surface area contributed by atoms with E-state index in [1.165, 1.54) is 12.1 Å². The summed E-state index contributed by atoms with van der Waals surface area (Å²) in [6.07, 6.45) is 5.00. The number of piperidine rings is 1. The molecule has 4 rings (SSSR count). The molecular formula is C22H30FN3O3. The third-order valence-corrected chi connectivity index (χ3v) is 6.52. The lowest BCUT2D eigenvalue weighted by Gasteiger charge is -2.40. The Morgan fingerprint density at radius 2 is 1.86 bits per heavy atom. The number of amides is 2. The van der Waals surface area contributed by atoms with Gasteiger partial charge in [0.1, 0.15) is 5.82 Å². The predicted molar refractivity (Wildman–Crippen MR) is 108 cm³/mol. The molecule has 0 N–H and O–H groups in total. The van der Waals surface area contributed by atoms with Crippen LogP contribution in [0.25, 0.3) is 0 Å². The van der Waals surface area contributed by atoms with Gasteiger partial charge in [-0.1, -0.05) is 6.07 Å². The van der Waals surface area contributed by atoms with Crippen LogP contribution >= 0.6 is 0 Å². The van der Waals surface area contributed by atoms with Crippen LogP contribution in [0.2, 0.25) is 0 Å². The summed E-state index contributed by atoms with van der Waals surface area (Å²) in [5.74, 6) is -0.200. The third kappa shape index (κ3) is 4.25. The molecular weight excluding hydrogens is 373 g/mol. The van der Waals surface area contributed by atoms with Crippen LogP contribution in [0.15, 0.2) is 18.2 Å². The zero-order valence-electron chi connectivity index (χ0n) is 17.1. The zero-order valence-corrected chi connectivity index (χ0v) is 17.1. The number of benzene rings is 1. The van der Waals surface area contributed by atoms with Crippen LogP contribution in [0, 0.1) is 5.82 Å². The van der Waals surface area contributed by atoms with Gasteiger partial charge in [-0.3, -0.25) is 4.79 Å². The van der Waals surface area contributed by atoms with Crippen LogP contribution in [0.3, 0.4) is 0 Å². The first-order chi connectivity index (χ1) is 14.1. The van der Waals surface area contributed by atoms with Crippen LogP contribution in [0.1, 0.15) is 44.6 Å². The van der Waals surface area contributed by atoms with E-state index in [-0.39, 0.29) is 23.9 Å². The van der Waals surface area contributed by atoms with E-state index < -0.39 is 0 Å². The molecule has 0 aliphatic carbocycles. The van der Waals surface area contributed by atoms with Crippen LogP contribution in [-0.4, -0.2) is 66.7 Å². The molecule has 3 aliphatic rings. The van der Waals surface area contributed by atoms with E-state index in [0.717, 1.165) is 69.5 Å². The van der Waals surface area contributed by atoms with Crippen LogP contribution in [-0.2, 0) is 16.0 Å². The SMILES string of the molecule is CCOC(=O)N1CCCC(N2CCC(N3C(=O)Cc4ccc(F)cc43)CC2)CC1. The molecule has 158 valence electrons. The number of carbonyl (C=O) groups is 2. The Bertz CT molecular complexity index is 764. The topological polar surface area (TPSA) is 53.1 Å². The van der Waals surface area contributed by atoms with Gasteiger partial charge >= 0.3 is 6.09 Å². The molecule has 6 nitrogen and oxygen atoms in total. The highest BCUT2D eigenvalue weighted by Crippen LogP contribution is 2.34. The van der Waals surface area contributed by atoms with E-state index in [2.05, 4.69) is 4.90 Å². The largest absolute Gasteiger partial charge is 0.450 e. The number of rotatable bonds is 3. The summed E-state index contributed by atoms with van der Waals surface area (Å²) in [5, 5.41) is 0. The summed E-state index contributed by atoms with van der Waals surface area (Å²) in [5.41, 5.74) is 1.69. The van der Waals surface area contributed by atoms with Crippen molar-refractivity contribution in [2.75, 3.05) is 37.7 Å². The molecule has 1 atom stereocenters. The van der Waals surface area contributed by atoms with Gasteiger partial charge in [0.25, 0.3) is 0 Å². The number of likely N-dealkylation sites (tertiary alicyclic amines) is 2. The van der Waals surface area contributed by atoms with E-state index in [4.69, 9.17) is 4.74 Å². The molecule has 3 aliphatic heterocycles. The average molecular weight is 403 g/mol. The van der Waals surface area contributed by atoms with Crippen molar-refractivity contribution in [3.63, 3.8) is 0 Å². The number of halogens is 1. The van der Waals surface area contributed by atoms with E-state index in [1.807, 2.05) is 16.7 Å². The van der Waals surface area contributed by atoms with Crippen LogP contribution < -0.4 is 4.90 Å². The molecule has 0 saturated carbocycles. The Morgan fingerprint density at radius 3 is 2.62 bits per heavy atom. The minimum atomic E-state index is -0.287. The van der Waals surface area contributed by atoms with E-state index in [9.17, 15) is 14.0 Å². The second kappa shape index (κ2) is 8.69. The molecule has 3 heterocycles. The lowest BCUT2D eigenvalue weighted by molar-refractivity contribution is -0.118. The predicted octanol–water partition coefficient (Wildman–Crippen LogP) is 3.19. The van der Waals surface area contributed by atoms with Gasteiger partial charge in [-0.25, -0.2) is 9.18 Å². The summed E-state index contributed by atoms with van der Waals surface area (Å²) < 4.78 is 18.9. The van der Waals surface area contributed by atoms with Crippen LogP contribution in [0.4, 0.5) is 14.9 Å². The zero-order chi connectivity index (χ0) is 20.4. The lowest BCUT2D eigenvalue weighted by Crippen LogP contribution is -2.49. The lowest BCUT2D eigenvalue weighted by atomic mass is 9.98. The second-order valence-electron chi connectivity index (χ2n) is 8.25. The average Bonchev–Trinajstić information content (AvgIpc) is 2.88. The van der Waals surface area contributed by atoms with E-state index in [0.29, 0.717) is 19.1 Å². The molecule has 2 fully saturated rings. The molecule has 7 heteroatoms. The fourth-order valence-electron chi connectivity index (χ4n) is 5.04. The Hall–Kier alpha value is -2.15. The van der Waals surface area contributed by atoms with Gasteiger partial charge in [-0.05, 0) is 56.7 Å². The third-order valence-electron chi connectivity index (χ3n) is 6.52. The highest BCUT2D eigenvalue weighted by Gasteiger charge is 2.36. The van der Waals surface area contributed by atoms with Crippen molar-refractivity contribution in [1.29, 1.82) is 0 Å². The first-order valence-electron chi connectivity index (χ1n) is 10.8. The maximum atomic E-state index is 13.7. The first kappa shape index (κ1) is 20.1. The molecule has 1 unspecified atom stereocenters. The van der Waals surface area contributed by atoms with E-state index >= 15 is 0 Å². The summed E-state index contributed by atoms with van der Waals surface area (Å²) >= 11 is 0. The first-order valence-corrected chi connectivity index (χ1v) is 10.8. The fourth-order valence-corrected chi connectivity index (χ4v) is 5.04. The van der Waals surface area contributed by atoms with E-state index in [1.54, 1.807) is 6.07 Å². The molecule has 0 spiro atoms. The highest BCUT2D eigenvalue weighted by molar-refractivity contribution is 6.01. The quantitative estimate of drug-likeness (QED) is 0.778. The summed E-state index contributed by atoms with van der Waals surface area (Å²) in [6, 6.07) is 5.28. The Labute approximate surface area is 171 Å². The van der Waals surface area contributed by atoms with Gasteiger partial charge in [0.2, 0.25) is 5.91 Å². The number of hydrogen-bond acceptors (Lipinski definition) is 4. The number of fused-ring (bicyclic) bond motifs is 1. The van der Waals surface area contributed by atoms with Crippen LogP contribution in [0.5, 0.6) is 0 Å². The molecule has 2 amide bonds. The Balaban J connectivity index is 1.34. The second-order valence-corrected chi connectivity index (χ2v) is 8.25. The minimum absolute atomic E-state index is 0.0867. The molecule has 0 aromatic heterocycles. The van der Waals surface area contributed by atoms with Crippen molar-refractivity contribution in [1.82, 2.24) is 9.80 Å². The number of anilines is 1. The smallest absolute Gasteiger partial charge is 0.409 e. The van der Waals surface area contributed by atoms with Gasteiger partial charge in [-0.2, -0.15) is 0 Å². The summed E-state index contributed by atoms with van der Waals surface area (Å²) in [6.45, 7) is 5.61. The van der Waals surface area contributed by atoms with Gasteiger partial charge < -0.3 is 19.4 Å². The molecule has 1 aromatic carbocycles. The number of carbonyl (C=O) groups excluding carboxylic acids is 2. The Morgan fingerprint density at radius 1 is 1.10 bits per heavy atom. The van der Waals surface area contributed by atoms with Crippen molar-refractivity contribution in [2.45, 2.75) is 57.5 Å². The monoisotopic (exact) mass is 403 g/mol. The molecule has 29 heavy (non-hydrogen) atoms. The van der Waals surface area contributed by atoms with Gasteiger partial charge in [0.05, 0.1) is 18.7 Å².